The number of anilines is 1. The van der Waals surface area contributed by atoms with Gasteiger partial charge in [-0.2, -0.15) is 0 Å². The van der Waals surface area contributed by atoms with Crippen LogP contribution in [-0.4, -0.2) is 17.6 Å². The first-order chi connectivity index (χ1) is 10.3. The fourth-order valence-electron chi connectivity index (χ4n) is 3.25. The van der Waals surface area contributed by atoms with Crippen molar-refractivity contribution in [1.29, 1.82) is 0 Å². The number of fused-ring (bicyclic) bond motifs is 1. The average Bonchev–Trinajstić information content (AvgIpc) is 3.27. The van der Waals surface area contributed by atoms with Crippen LogP contribution in [0.5, 0.6) is 0 Å². The summed E-state index contributed by atoms with van der Waals surface area (Å²) in [6.45, 7) is 5.09. The number of hydrogen-bond acceptors (Lipinski definition) is 4. The Balaban J connectivity index is 1.63. The Bertz CT molecular complexity index is 632. The Labute approximate surface area is 130 Å². The van der Waals surface area contributed by atoms with E-state index < -0.39 is 0 Å². The van der Waals surface area contributed by atoms with Crippen molar-refractivity contribution in [3.8, 4) is 0 Å². The van der Waals surface area contributed by atoms with Crippen molar-refractivity contribution in [3.05, 3.63) is 45.9 Å². The van der Waals surface area contributed by atoms with E-state index in [0.717, 1.165) is 30.6 Å². The van der Waals surface area contributed by atoms with Crippen molar-refractivity contribution in [2.45, 2.75) is 38.9 Å². The van der Waals surface area contributed by atoms with Crippen LogP contribution in [0.1, 0.15) is 29.1 Å². The second-order valence-electron chi connectivity index (χ2n) is 6.19. The Hall–Kier alpha value is -1.39. The van der Waals surface area contributed by atoms with Crippen molar-refractivity contribution in [2.24, 2.45) is 5.92 Å². The average molecular weight is 299 g/mol. The van der Waals surface area contributed by atoms with Gasteiger partial charge in [0.1, 0.15) is 0 Å². The fourth-order valence-corrected chi connectivity index (χ4v) is 3.85. The standard InChI is InChI=1S/C17H21N3S/c1-12-19-15(11-21-12)9-20-10-16(13-6-7-13)18-8-14-4-2-3-5-17(14)20/h2-5,11,13,16,18H,6-10H2,1H3. The lowest BCUT2D eigenvalue weighted by Gasteiger charge is -2.27. The van der Waals surface area contributed by atoms with Gasteiger partial charge >= 0.3 is 0 Å². The molecule has 21 heavy (non-hydrogen) atoms. The Morgan fingerprint density at radius 3 is 2.95 bits per heavy atom. The van der Waals surface area contributed by atoms with Crippen molar-refractivity contribution < 1.29 is 0 Å². The van der Waals surface area contributed by atoms with Crippen LogP contribution in [0.3, 0.4) is 0 Å². The second-order valence-corrected chi connectivity index (χ2v) is 7.25. The van der Waals surface area contributed by atoms with Gasteiger partial charge in [-0.05, 0) is 37.3 Å². The maximum atomic E-state index is 4.65. The van der Waals surface area contributed by atoms with Crippen molar-refractivity contribution >= 4 is 17.0 Å². The molecule has 1 saturated carbocycles. The Morgan fingerprint density at radius 1 is 1.33 bits per heavy atom. The molecule has 0 bridgehead atoms. The second kappa shape index (κ2) is 5.43. The number of benzene rings is 1. The van der Waals surface area contributed by atoms with Gasteiger partial charge in [-0.1, -0.05) is 18.2 Å². The summed E-state index contributed by atoms with van der Waals surface area (Å²) in [5.74, 6) is 0.874. The summed E-state index contributed by atoms with van der Waals surface area (Å²) in [6.07, 6.45) is 2.77. The van der Waals surface area contributed by atoms with E-state index in [1.165, 1.54) is 29.8 Å². The number of rotatable bonds is 3. The molecular weight excluding hydrogens is 278 g/mol. The van der Waals surface area contributed by atoms with E-state index in [1.807, 2.05) is 0 Å². The van der Waals surface area contributed by atoms with Crippen LogP contribution in [0, 0.1) is 12.8 Å². The first-order valence-electron chi connectivity index (χ1n) is 7.77. The van der Waals surface area contributed by atoms with E-state index in [4.69, 9.17) is 0 Å². The summed E-state index contributed by atoms with van der Waals surface area (Å²) in [4.78, 5) is 7.17. The van der Waals surface area contributed by atoms with E-state index in [-0.39, 0.29) is 0 Å². The minimum Gasteiger partial charge on any atom is -0.364 e. The molecule has 4 heteroatoms. The molecule has 0 spiro atoms. The van der Waals surface area contributed by atoms with E-state index in [1.54, 1.807) is 11.3 Å². The molecule has 1 aromatic carbocycles. The van der Waals surface area contributed by atoms with E-state index in [0.29, 0.717) is 6.04 Å². The van der Waals surface area contributed by atoms with Crippen LogP contribution < -0.4 is 10.2 Å². The molecule has 0 saturated heterocycles. The number of aryl methyl sites for hydroxylation is 1. The molecule has 2 aliphatic rings. The predicted molar refractivity (Wildman–Crippen MR) is 87.7 cm³/mol. The molecule has 3 nitrogen and oxygen atoms in total. The minimum absolute atomic E-state index is 0.622. The van der Waals surface area contributed by atoms with Gasteiger partial charge in [0.2, 0.25) is 0 Å². The number of nitrogens with zero attached hydrogens (tertiary/aromatic N) is 2. The van der Waals surface area contributed by atoms with Gasteiger partial charge in [0.05, 0.1) is 17.2 Å². The zero-order valence-electron chi connectivity index (χ0n) is 12.4. The van der Waals surface area contributed by atoms with Crippen LogP contribution in [0.25, 0.3) is 0 Å². The summed E-state index contributed by atoms with van der Waals surface area (Å²) in [5, 5.41) is 7.12. The molecule has 1 unspecified atom stereocenters. The highest BCUT2D eigenvalue weighted by Gasteiger charge is 2.34. The molecule has 110 valence electrons. The Kier molecular flexibility index (Phi) is 3.43. The molecule has 1 N–H and O–H groups in total. The van der Waals surface area contributed by atoms with Crippen molar-refractivity contribution in [2.75, 3.05) is 11.4 Å². The van der Waals surface area contributed by atoms with Crippen molar-refractivity contribution in [1.82, 2.24) is 10.3 Å². The van der Waals surface area contributed by atoms with Gasteiger partial charge in [0, 0.05) is 30.2 Å². The van der Waals surface area contributed by atoms with Crippen molar-refractivity contribution in [3.63, 3.8) is 0 Å². The molecular formula is C17H21N3S. The van der Waals surface area contributed by atoms with E-state index in [2.05, 4.69) is 51.8 Å². The highest BCUT2D eigenvalue weighted by atomic mass is 32.1. The third kappa shape index (κ3) is 2.83. The molecule has 2 aromatic rings. The largest absolute Gasteiger partial charge is 0.364 e. The molecule has 1 aliphatic heterocycles. The monoisotopic (exact) mass is 299 g/mol. The molecule has 1 aromatic heterocycles. The molecule has 1 fully saturated rings. The van der Waals surface area contributed by atoms with Crippen LogP contribution in [0.4, 0.5) is 5.69 Å². The van der Waals surface area contributed by atoms with Crippen LogP contribution in [0.15, 0.2) is 29.6 Å². The van der Waals surface area contributed by atoms with Gasteiger partial charge < -0.3 is 10.2 Å². The number of hydrogen-bond donors (Lipinski definition) is 1. The number of aromatic nitrogens is 1. The third-order valence-corrected chi connectivity index (χ3v) is 5.34. The van der Waals surface area contributed by atoms with Gasteiger partial charge in [-0.25, -0.2) is 4.98 Å². The Morgan fingerprint density at radius 2 is 2.19 bits per heavy atom. The zero-order valence-corrected chi connectivity index (χ0v) is 13.2. The molecule has 0 radical (unpaired) electrons. The normalized spacial score (nSPS) is 22.0. The first kappa shape index (κ1) is 13.3. The fraction of sp³-hybridized carbons (Fsp3) is 0.471. The van der Waals surface area contributed by atoms with Gasteiger partial charge in [0.25, 0.3) is 0 Å². The first-order valence-corrected chi connectivity index (χ1v) is 8.65. The number of nitrogens with one attached hydrogen (secondary N) is 1. The van der Waals surface area contributed by atoms with Gasteiger partial charge in [-0.15, -0.1) is 11.3 Å². The summed E-state index contributed by atoms with van der Waals surface area (Å²) in [7, 11) is 0. The van der Waals surface area contributed by atoms with Crippen LogP contribution in [-0.2, 0) is 13.1 Å². The van der Waals surface area contributed by atoms with E-state index in [9.17, 15) is 0 Å². The lowest BCUT2D eigenvalue weighted by molar-refractivity contribution is 0.466. The quantitative estimate of drug-likeness (QED) is 0.942. The zero-order chi connectivity index (χ0) is 14.2. The summed E-state index contributed by atoms with van der Waals surface area (Å²) in [5.41, 5.74) is 3.98. The van der Waals surface area contributed by atoms with Gasteiger partial charge in [-0.3, -0.25) is 0 Å². The smallest absolute Gasteiger partial charge is 0.0898 e. The van der Waals surface area contributed by atoms with Crippen LogP contribution >= 0.6 is 11.3 Å². The highest BCUT2D eigenvalue weighted by Crippen LogP contribution is 2.36. The molecule has 1 aliphatic carbocycles. The molecule has 2 heterocycles. The molecule has 1 atom stereocenters. The summed E-state index contributed by atoms with van der Waals surface area (Å²) in [6, 6.07) is 9.42. The number of thiazole rings is 1. The summed E-state index contributed by atoms with van der Waals surface area (Å²) >= 11 is 1.75. The van der Waals surface area contributed by atoms with Crippen LogP contribution in [0.2, 0.25) is 0 Å². The SMILES string of the molecule is Cc1nc(CN2CC(C3CC3)NCc3ccccc32)cs1. The molecule has 0 amide bonds. The lowest BCUT2D eigenvalue weighted by atomic mass is 10.1. The maximum absolute atomic E-state index is 4.65. The highest BCUT2D eigenvalue weighted by molar-refractivity contribution is 7.09. The predicted octanol–water partition coefficient (Wildman–Crippen LogP) is 3.34. The number of para-hydroxylation sites is 1. The summed E-state index contributed by atoms with van der Waals surface area (Å²) < 4.78 is 0. The molecule has 4 rings (SSSR count). The topological polar surface area (TPSA) is 28.2 Å². The lowest BCUT2D eigenvalue weighted by Crippen LogP contribution is -2.39. The third-order valence-electron chi connectivity index (χ3n) is 4.51. The minimum atomic E-state index is 0.622. The van der Waals surface area contributed by atoms with Gasteiger partial charge in [0.15, 0.2) is 0 Å². The maximum Gasteiger partial charge on any atom is 0.0898 e. The van der Waals surface area contributed by atoms with E-state index >= 15 is 0 Å².